The molecular formula is C26H24OSn. The molecule has 0 spiro atoms. The Morgan fingerprint density at radius 1 is 0.536 bits per heavy atom. The Morgan fingerprint density at radius 3 is 1.46 bits per heavy atom. The van der Waals surface area contributed by atoms with Crippen LogP contribution in [-0.4, -0.2) is 20.2 Å². The van der Waals surface area contributed by atoms with Crippen molar-refractivity contribution in [1.82, 2.24) is 0 Å². The molecule has 28 heavy (non-hydrogen) atoms. The van der Waals surface area contributed by atoms with E-state index < -0.39 is 20.2 Å². The van der Waals surface area contributed by atoms with E-state index >= 15 is 0 Å². The SMILES string of the molecule is c1ccc(CC([O][SnH]([c]2ccccc2)[c]2ccccc2)c2ccccc2)cc1. The van der Waals surface area contributed by atoms with Gasteiger partial charge in [-0.05, 0) is 0 Å². The van der Waals surface area contributed by atoms with Crippen molar-refractivity contribution >= 4 is 27.3 Å². The third kappa shape index (κ3) is 4.92. The molecule has 0 aliphatic heterocycles. The second-order valence-corrected chi connectivity index (χ2v) is 13.7. The van der Waals surface area contributed by atoms with Crippen LogP contribution in [0.25, 0.3) is 0 Å². The Hall–Kier alpha value is -2.36. The summed E-state index contributed by atoms with van der Waals surface area (Å²) in [5.41, 5.74) is 2.56. The first-order chi connectivity index (χ1) is 13.9. The molecule has 1 unspecified atom stereocenters. The van der Waals surface area contributed by atoms with E-state index in [2.05, 4.69) is 121 Å². The normalized spacial score (nSPS) is 12.0. The molecule has 0 radical (unpaired) electrons. The summed E-state index contributed by atoms with van der Waals surface area (Å²) in [6.45, 7) is 0. The molecule has 1 nitrogen and oxygen atoms in total. The van der Waals surface area contributed by atoms with Crippen molar-refractivity contribution in [2.24, 2.45) is 0 Å². The van der Waals surface area contributed by atoms with Gasteiger partial charge >= 0.3 is 175 Å². The van der Waals surface area contributed by atoms with E-state index in [0.29, 0.717) is 0 Å². The maximum absolute atomic E-state index is 7.02. The predicted molar refractivity (Wildman–Crippen MR) is 120 cm³/mol. The zero-order valence-electron chi connectivity index (χ0n) is 15.8. The van der Waals surface area contributed by atoms with Crippen molar-refractivity contribution in [2.45, 2.75) is 12.5 Å². The molecule has 1 atom stereocenters. The molecule has 0 heterocycles. The van der Waals surface area contributed by atoms with Crippen LogP contribution in [-0.2, 0) is 9.49 Å². The van der Waals surface area contributed by atoms with Gasteiger partial charge in [0.2, 0.25) is 0 Å². The van der Waals surface area contributed by atoms with Crippen molar-refractivity contribution in [3.05, 3.63) is 132 Å². The predicted octanol–water partition coefficient (Wildman–Crippen LogP) is 4.53. The van der Waals surface area contributed by atoms with Crippen LogP contribution in [0.2, 0.25) is 0 Å². The summed E-state index contributed by atoms with van der Waals surface area (Å²) < 4.78 is 9.78. The molecule has 4 aromatic carbocycles. The van der Waals surface area contributed by atoms with Crippen molar-refractivity contribution in [3.63, 3.8) is 0 Å². The summed E-state index contributed by atoms with van der Waals surface area (Å²) in [6, 6.07) is 42.9. The van der Waals surface area contributed by atoms with Gasteiger partial charge in [-0.3, -0.25) is 0 Å². The van der Waals surface area contributed by atoms with Gasteiger partial charge in [-0.25, -0.2) is 0 Å². The van der Waals surface area contributed by atoms with Crippen LogP contribution < -0.4 is 7.16 Å². The molecule has 138 valence electrons. The summed E-state index contributed by atoms with van der Waals surface area (Å²) in [5, 5.41) is 0. The van der Waals surface area contributed by atoms with E-state index in [4.69, 9.17) is 3.07 Å². The van der Waals surface area contributed by atoms with Gasteiger partial charge in [0.15, 0.2) is 0 Å². The van der Waals surface area contributed by atoms with Crippen LogP contribution in [0.3, 0.4) is 0 Å². The molecule has 4 aromatic rings. The summed E-state index contributed by atoms with van der Waals surface area (Å²) in [6.07, 6.45) is 0.947. The molecule has 0 amide bonds. The fraction of sp³-hybridized carbons (Fsp3) is 0.0769. The number of rotatable bonds is 7. The average Bonchev–Trinajstić information content (AvgIpc) is 2.79. The Bertz CT molecular complexity index is 917. The van der Waals surface area contributed by atoms with E-state index in [0.717, 1.165) is 6.42 Å². The molecule has 0 saturated carbocycles. The number of hydrogen-bond donors (Lipinski definition) is 0. The first-order valence-electron chi connectivity index (χ1n) is 9.74. The quantitative estimate of drug-likeness (QED) is 0.361. The second-order valence-electron chi connectivity index (χ2n) is 6.93. The molecule has 0 saturated heterocycles. The van der Waals surface area contributed by atoms with E-state index in [1.54, 1.807) is 0 Å². The molecule has 4 rings (SSSR count). The van der Waals surface area contributed by atoms with E-state index in [1.165, 1.54) is 18.3 Å². The van der Waals surface area contributed by atoms with Crippen LogP contribution >= 0.6 is 0 Å². The fourth-order valence-electron chi connectivity index (χ4n) is 3.51. The Kier molecular flexibility index (Phi) is 6.59. The van der Waals surface area contributed by atoms with Gasteiger partial charge in [0, 0.05) is 0 Å². The Labute approximate surface area is 174 Å². The molecule has 2 heteroatoms. The maximum atomic E-state index is 7.02. The monoisotopic (exact) mass is 472 g/mol. The minimum absolute atomic E-state index is 0.0600. The number of benzene rings is 4. The third-order valence-electron chi connectivity index (χ3n) is 4.94. The van der Waals surface area contributed by atoms with E-state index in [-0.39, 0.29) is 6.10 Å². The van der Waals surface area contributed by atoms with Gasteiger partial charge in [0.25, 0.3) is 0 Å². The first-order valence-corrected chi connectivity index (χ1v) is 14.4. The summed E-state index contributed by atoms with van der Waals surface area (Å²) in [4.78, 5) is 0. The zero-order chi connectivity index (χ0) is 19.0. The van der Waals surface area contributed by atoms with E-state index in [1.807, 2.05) is 0 Å². The molecule has 0 N–H and O–H groups in total. The van der Waals surface area contributed by atoms with Gasteiger partial charge < -0.3 is 0 Å². The van der Waals surface area contributed by atoms with Crippen LogP contribution in [0, 0.1) is 0 Å². The van der Waals surface area contributed by atoms with Gasteiger partial charge in [-0.15, -0.1) is 0 Å². The minimum atomic E-state index is -2.69. The van der Waals surface area contributed by atoms with Gasteiger partial charge in [-0.1, -0.05) is 0 Å². The molecule has 0 aliphatic carbocycles. The summed E-state index contributed by atoms with van der Waals surface area (Å²) >= 11 is -2.69. The molecule has 0 fully saturated rings. The van der Waals surface area contributed by atoms with Crippen LogP contribution in [0.1, 0.15) is 17.2 Å². The van der Waals surface area contributed by atoms with Gasteiger partial charge in [-0.2, -0.15) is 0 Å². The van der Waals surface area contributed by atoms with Crippen LogP contribution in [0.5, 0.6) is 0 Å². The van der Waals surface area contributed by atoms with E-state index in [9.17, 15) is 0 Å². The second kappa shape index (κ2) is 9.72. The fourth-order valence-corrected chi connectivity index (χ4v) is 10.4. The standard InChI is InChI=1S/C14H13O.2C6H5.Sn.H/c15-14(13-9-5-2-6-10-13)11-12-7-3-1-4-8-12;2*1-2-4-6-5-3-1;;/h1-10,14H,11H2;2*1-5H;;/q-1;;;+1;. The van der Waals surface area contributed by atoms with Crippen molar-refractivity contribution in [2.75, 3.05) is 0 Å². The Morgan fingerprint density at radius 2 is 0.964 bits per heavy atom. The number of hydrogen-bond acceptors (Lipinski definition) is 1. The molecular weight excluding hydrogens is 447 g/mol. The van der Waals surface area contributed by atoms with Crippen molar-refractivity contribution in [3.8, 4) is 0 Å². The van der Waals surface area contributed by atoms with Gasteiger partial charge in [0.05, 0.1) is 0 Å². The summed E-state index contributed by atoms with van der Waals surface area (Å²) in [5.74, 6) is 0. The molecule has 0 aliphatic rings. The Balaban J connectivity index is 1.70. The van der Waals surface area contributed by atoms with Gasteiger partial charge in [0.1, 0.15) is 0 Å². The van der Waals surface area contributed by atoms with Crippen molar-refractivity contribution < 1.29 is 3.07 Å². The molecule has 0 bridgehead atoms. The summed E-state index contributed by atoms with van der Waals surface area (Å²) in [7, 11) is 0. The topological polar surface area (TPSA) is 9.23 Å². The first kappa shape index (κ1) is 19.0. The van der Waals surface area contributed by atoms with Crippen molar-refractivity contribution in [1.29, 1.82) is 0 Å². The van der Waals surface area contributed by atoms with Crippen LogP contribution in [0.4, 0.5) is 0 Å². The average molecular weight is 471 g/mol. The molecule has 0 aromatic heterocycles. The zero-order valence-corrected chi connectivity index (χ0v) is 19.1. The van der Waals surface area contributed by atoms with Crippen LogP contribution in [0.15, 0.2) is 121 Å². The third-order valence-corrected chi connectivity index (χ3v) is 12.3.